The second kappa shape index (κ2) is 1.46. The topological polar surface area (TPSA) is 46.0 Å². The van der Waals surface area contributed by atoms with Crippen LogP contribution in [0.5, 0.6) is 5.88 Å². The van der Waals surface area contributed by atoms with Crippen LogP contribution < -0.4 is 0 Å². The van der Waals surface area contributed by atoms with Gasteiger partial charge in [0, 0.05) is 0 Å². The van der Waals surface area contributed by atoms with Gasteiger partial charge in [0.15, 0.2) is 0 Å². The van der Waals surface area contributed by atoms with Crippen LogP contribution in [0.25, 0.3) is 0 Å². The van der Waals surface area contributed by atoms with Crippen LogP contribution in [-0.2, 0) is 0 Å². The predicted molar refractivity (Wildman–Crippen MR) is 26.3 cm³/mol. The molecule has 0 aliphatic heterocycles. The molecule has 3 nitrogen and oxygen atoms in total. The normalized spacial score (nSPS) is 9.29. The van der Waals surface area contributed by atoms with Crippen molar-refractivity contribution in [3.8, 4) is 5.88 Å². The van der Waals surface area contributed by atoms with Crippen LogP contribution >= 0.6 is 11.5 Å². The summed E-state index contributed by atoms with van der Waals surface area (Å²) < 4.78 is 3.46. The lowest BCUT2D eigenvalue weighted by Crippen LogP contribution is -1.62. The molecular formula is C3H4N2OS. The summed E-state index contributed by atoms with van der Waals surface area (Å²) in [6, 6.07) is 0. The molecule has 1 N–H and O–H groups in total. The van der Waals surface area contributed by atoms with E-state index in [0.717, 1.165) is 4.88 Å². The van der Waals surface area contributed by atoms with Crippen molar-refractivity contribution >= 4 is 11.5 Å². The zero-order valence-electron chi connectivity index (χ0n) is 3.75. The molecule has 0 fully saturated rings. The van der Waals surface area contributed by atoms with E-state index in [0.29, 0.717) is 0 Å². The van der Waals surface area contributed by atoms with E-state index in [2.05, 4.69) is 9.59 Å². The number of hydrogen-bond donors (Lipinski definition) is 1. The summed E-state index contributed by atoms with van der Waals surface area (Å²) in [5, 5.41) is 11.9. The predicted octanol–water partition coefficient (Wildman–Crippen LogP) is 0.552. The lowest BCUT2D eigenvalue weighted by molar-refractivity contribution is 0.448. The van der Waals surface area contributed by atoms with Gasteiger partial charge in [-0.1, -0.05) is 9.59 Å². The van der Waals surface area contributed by atoms with Crippen molar-refractivity contribution < 1.29 is 5.11 Å². The Morgan fingerprint density at radius 3 is 2.57 bits per heavy atom. The maximum Gasteiger partial charge on any atom is 0.246 e. The molecule has 0 amide bonds. The number of aryl methyl sites for hydroxylation is 1. The number of hydrogen-bond acceptors (Lipinski definition) is 4. The molecule has 0 aromatic carbocycles. The van der Waals surface area contributed by atoms with Crippen LogP contribution in [0, 0.1) is 6.92 Å². The molecule has 4 heteroatoms. The fourth-order valence-corrected chi connectivity index (χ4v) is 0.595. The summed E-state index contributed by atoms with van der Waals surface area (Å²) in [4.78, 5) is 0.764. The molecule has 0 bridgehead atoms. The first-order chi connectivity index (χ1) is 3.30. The van der Waals surface area contributed by atoms with Crippen molar-refractivity contribution in [3.63, 3.8) is 0 Å². The molecular weight excluding hydrogens is 112 g/mol. The van der Waals surface area contributed by atoms with Gasteiger partial charge in [-0.3, -0.25) is 0 Å². The van der Waals surface area contributed by atoms with Crippen LogP contribution in [0.4, 0.5) is 0 Å². The zero-order valence-corrected chi connectivity index (χ0v) is 4.57. The Bertz CT molecular complexity index is 145. The van der Waals surface area contributed by atoms with Crippen LogP contribution in [0.1, 0.15) is 4.88 Å². The number of rotatable bonds is 0. The van der Waals surface area contributed by atoms with Crippen LogP contribution in [0.15, 0.2) is 0 Å². The molecule has 0 spiro atoms. The maximum absolute atomic E-state index is 8.60. The Balaban J connectivity index is 3.12. The number of aromatic hydroxyl groups is 1. The molecule has 0 unspecified atom stereocenters. The number of nitrogens with zero attached hydrogens (tertiary/aromatic N) is 2. The van der Waals surface area contributed by atoms with Crippen molar-refractivity contribution in [2.45, 2.75) is 6.92 Å². The smallest absolute Gasteiger partial charge is 0.246 e. The minimum Gasteiger partial charge on any atom is -0.491 e. The van der Waals surface area contributed by atoms with E-state index in [1.807, 2.05) is 0 Å². The summed E-state index contributed by atoms with van der Waals surface area (Å²) in [6.45, 7) is 1.76. The van der Waals surface area contributed by atoms with E-state index >= 15 is 0 Å². The second-order valence-electron chi connectivity index (χ2n) is 1.15. The van der Waals surface area contributed by atoms with Gasteiger partial charge in [-0.05, 0) is 18.5 Å². The van der Waals surface area contributed by atoms with Crippen LogP contribution in [-0.4, -0.2) is 14.7 Å². The highest BCUT2D eigenvalue weighted by atomic mass is 32.1. The monoisotopic (exact) mass is 116 g/mol. The summed E-state index contributed by atoms with van der Waals surface area (Å²) in [5.74, 6) is 0.0463. The van der Waals surface area contributed by atoms with E-state index in [1.165, 1.54) is 11.5 Å². The van der Waals surface area contributed by atoms with Gasteiger partial charge in [0.05, 0.1) is 4.88 Å². The molecule has 1 rings (SSSR count). The summed E-state index contributed by atoms with van der Waals surface area (Å²) in [6.07, 6.45) is 0. The Morgan fingerprint density at radius 2 is 2.43 bits per heavy atom. The molecule has 1 heterocycles. The highest BCUT2D eigenvalue weighted by Crippen LogP contribution is 2.12. The molecule has 1 aromatic rings. The second-order valence-corrected chi connectivity index (χ2v) is 2.11. The quantitative estimate of drug-likeness (QED) is 0.538. The van der Waals surface area contributed by atoms with Crippen molar-refractivity contribution in [1.82, 2.24) is 9.59 Å². The molecule has 0 saturated heterocycles. The molecule has 0 aliphatic rings. The average molecular weight is 116 g/mol. The first-order valence-corrected chi connectivity index (χ1v) is 2.56. The Hall–Kier alpha value is -0.640. The molecule has 1 aromatic heterocycles. The largest absolute Gasteiger partial charge is 0.491 e. The van der Waals surface area contributed by atoms with Crippen molar-refractivity contribution in [3.05, 3.63) is 4.88 Å². The third-order valence-electron chi connectivity index (χ3n) is 0.628. The van der Waals surface area contributed by atoms with E-state index in [9.17, 15) is 0 Å². The summed E-state index contributed by atoms with van der Waals surface area (Å²) in [7, 11) is 0. The lowest BCUT2D eigenvalue weighted by Gasteiger charge is -1.74. The van der Waals surface area contributed by atoms with Gasteiger partial charge in [0.2, 0.25) is 5.88 Å². The fourth-order valence-electron chi connectivity index (χ4n) is 0.232. The molecule has 38 valence electrons. The number of aromatic nitrogens is 2. The van der Waals surface area contributed by atoms with E-state index in [-0.39, 0.29) is 5.88 Å². The summed E-state index contributed by atoms with van der Waals surface area (Å²) >= 11 is 1.19. The van der Waals surface area contributed by atoms with Crippen molar-refractivity contribution in [2.75, 3.05) is 0 Å². The van der Waals surface area contributed by atoms with Crippen molar-refractivity contribution in [1.29, 1.82) is 0 Å². The first-order valence-electron chi connectivity index (χ1n) is 1.78. The zero-order chi connectivity index (χ0) is 5.28. The average Bonchev–Trinajstić information content (AvgIpc) is 1.91. The van der Waals surface area contributed by atoms with Crippen molar-refractivity contribution in [2.24, 2.45) is 0 Å². The summed E-state index contributed by atoms with van der Waals surface area (Å²) in [5.41, 5.74) is 0. The van der Waals surface area contributed by atoms with Gasteiger partial charge in [0.25, 0.3) is 0 Å². The molecule has 0 saturated carbocycles. The molecule has 0 aliphatic carbocycles. The van der Waals surface area contributed by atoms with Gasteiger partial charge in [-0.25, -0.2) is 0 Å². The molecule has 7 heavy (non-hydrogen) atoms. The highest BCUT2D eigenvalue weighted by Gasteiger charge is 1.94. The molecule has 0 atom stereocenters. The Morgan fingerprint density at radius 1 is 1.71 bits per heavy atom. The van der Waals surface area contributed by atoms with E-state index in [4.69, 9.17) is 5.11 Å². The highest BCUT2D eigenvalue weighted by molar-refractivity contribution is 7.05. The SMILES string of the molecule is Cc1snnc1O. The van der Waals surface area contributed by atoms with Gasteiger partial charge < -0.3 is 5.11 Å². The first kappa shape index (κ1) is 4.52. The maximum atomic E-state index is 8.60. The standard InChI is InChI=1S/C3H4N2OS/c1-2-3(6)4-5-7-2/h6H,1H3. The fraction of sp³-hybridized carbons (Fsp3) is 0.333. The minimum absolute atomic E-state index is 0.0463. The Labute approximate surface area is 44.8 Å². The van der Waals surface area contributed by atoms with E-state index in [1.54, 1.807) is 6.92 Å². The van der Waals surface area contributed by atoms with Crippen LogP contribution in [0.2, 0.25) is 0 Å². The van der Waals surface area contributed by atoms with Gasteiger partial charge in [0.1, 0.15) is 0 Å². The van der Waals surface area contributed by atoms with Gasteiger partial charge in [-0.2, -0.15) is 0 Å². The van der Waals surface area contributed by atoms with Gasteiger partial charge >= 0.3 is 0 Å². The third kappa shape index (κ3) is 0.691. The lowest BCUT2D eigenvalue weighted by atomic mass is 10.6. The van der Waals surface area contributed by atoms with Crippen LogP contribution in [0.3, 0.4) is 0 Å². The Kier molecular flexibility index (Phi) is 0.941. The van der Waals surface area contributed by atoms with E-state index < -0.39 is 0 Å². The van der Waals surface area contributed by atoms with Gasteiger partial charge in [-0.15, -0.1) is 0 Å². The minimum atomic E-state index is 0.0463. The molecule has 0 radical (unpaired) electrons. The third-order valence-corrected chi connectivity index (χ3v) is 1.25.